The second kappa shape index (κ2) is 14.0. The van der Waals surface area contributed by atoms with E-state index in [0.717, 1.165) is 21.7 Å². The number of H-pyrrole nitrogens is 1. The predicted octanol–water partition coefficient (Wildman–Crippen LogP) is 3.33. The van der Waals surface area contributed by atoms with Gasteiger partial charge < -0.3 is 20.1 Å². The van der Waals surface area contributed by atoms with Gasteiger partial charge in [-0.3, -0.25) is 19.2 Å². The molecule has 4 aromatic rings. The standard InChI is InChI=1S/C31H35N5O6S/c1-21(23-12-8-5-9-13-23)20-42-26-18-24(17-25(19-26)36(2)43(3,40)41)29(38)34-27(16-22-10-6-4-7-11-22)28(37)30(39)35-31-32-14-15-33-31/h4-15,17-19,21,27-28,37H,16,20H2,1-3H3,(H,34,38)(H2,32,33,35,39)/t21?,27-,28+/m0/s1. The highest BCUT2D eigenvalue weighted by Gasteiger charge is 2.29. The van der Waals surface area contributed by atoms with Crippen molar-refractivity contribution in [2.24, 2.45) is 0 Å². The Morgan fingerprint density at radius 1 is 1.05 bits per heavy atom. The molecule has 0 fully saturated rings. The van der Waals surface area contributed by atoms with Gasteiger partial charge in [-0.25, -0.2) is 13.4 Å². The first-order valence-corrected chi connectivity index (χ1v) is 15.5. The van der Waals surface area contributed by atoms with Gasteiger partial charge in [-0.2, -0.15) is 0 Å². The molecule has 3 aromatic carbocycles. The molecule has 0 spiro atoms. The summed E-state index contributed by atoms with van der Waals surface area (Å²) < 4.78 is 31.8. The molecule has 12 heteroatoms. The van der Waals surface area contributed by atoms with E-state index in [9.17, 15) is 23.1 Å². The zero-order valence-corrected chi connectivity index (χ0v) is 24.9. The van der Waals surface area contributed by atoms with Gasteiger partial charge in [0.1, 0.15) is 5.75 Å². The summed E-state index contributed by atoms with van der Waals surface area (Å²) in [5.74, 6) is -0.933. The summed E-state index contributed by atoms with van der Waals surface area (Å²) in [5.41, 5.74) is 2.15. The van der Waals surface area contributed by atoms with Crippen LogP contribution in [0.15, 0.2) is 91.3 Å². The van der Waals surface area contributed by atoms with E-state index in [2.05, 4.69) is 20.6 Å². The van der Waals surface area contributed by atoms with E-state index in [4.69, 9.17) is 4.74 Å². The second-order valence-corrected chi connectivity index (χ2v) is 12.2. The van der Waals surface area contributed by atoms with Crippen LogP contribution >= 0.6 is 0 Å². The van der Waals surface area contributed by atoms with Gasteiger partial charge in [-0.1, -0.05) is 67.6 Å². The van der Waals surface area contributed by atoms with Crippen LogP contribution in [0.5, 0.6) is 5.75 Å². The van der Waals surface area contributed by atoms with Crippen LogP contribution in [0.4, 0.5) is 11.6 Å². The maximum atomic E-state index is 13.6. The van der Waals surface area contributed by atoms with E-state index < -0.39 is 34.0 Å². The molecule has 0 aliphatic carbocycles. The monoisotopic (exact) mass is 605 g/mol. The minimum atomic E-state index is -3.66. The van der Waals surface area contributed by atoms with Crippen molar-refractivity contribution in [2.45, 2.75) is 31.4 Å². The summed E-state index contributed by atoms with van der Waals surface area (Å²) in [7, 11) is -2.28. The summed E-state index contributed by atoms with van der Waals surface area (Å²) in [4.78, 5) is 33.2. The number of aromatic amines is 1. The van der Waals surface area contributed by atoms with Crippen LogP contribution in [-0.4, -0.2) is 67.4 Å². The highest BCUT2D eigenvalue weighted by molar-refractivity contribution is 7.92. The zero-order chi connectivity index (χ0) is 31.0. The first-order chi connectivity index (χ1) is 20.5. The van der Waals surface area contributed by atoms with Gasteiger partial charge in [0, 0.05) is 37.0 Å². The van der Waals surface area contributed by atoms with Crippen molar-refractivity contribution in [3.63, 3.8) is 0 Å². The van der Waals surface area contributed by atoms with Crippen molar-refractivity contribution in [3.8, 4) is 5.75 Å². The predicted molar refractivity (Wildman–Crippen MR) is 165 cm³/mol. The van der Waals surface area contributed by atoms with E-state index in [0.29, 0.717) is 0 Å². The van der Waals surface area contributed by atoms with Crippen molar-refractivity contribution < 1.29 is 27.9 Å². The number of hydrogen-bond donors (Lipinski definition) is 4. The normalized spacial score (nSPS) is 13.4. The molecule has 1 unspecified atom stereocenters. The quantitative estimate of drug-likeness (QED) is 0.182. The molecular weight excluding hydrogens is 570 g/mol. The van der Waals surface area contributed by atoms with Crippen molar-refractivity contribution in [3.05, 3.63) is 108 Å². The van der Waals surface area contributed by atoms with Crippen molar-refractivity contribution in [1.29, 1.82) is 0 Å². The number of hydrogen-bond acceptors (Lipinski definition) is 7. The Labute approximate surface area is 251 Å². The number of amides is 2. The van der Waals surface area contributed by atoms with E-state index in [1.54, 1.807) is 6.07 Å². The number of nitrogens with zero attached hydrogens (tertiary/aromatic N) is 2. The maximum absolute atomic E-state index is 13.6. The van der Waals surface area contributed by atoms with Gasteiger partial charge in [0.15, 0.2) is 6.10 Å². The number of nitrogens with one attached hydrogen (secondary N) is 3. The highest BCUT2D eigenvalue weighted by atomic mass is 32.2. The van der Waals surface area contributed by atoms with Crippen LogP contribution < -0.4 is 19.7 Å². The lowest BCUT2D eigenvalue weighted by Crippen LogP contribution is -2.50. The van der Waals surface area contributed by atoms with Crippen molar-refractivity contribution >= 4 is 33.5 Å². The molecule has 226 valence electrons. The Morgan fingerprint density at radius 2 is 1.72 bits per heavy atom. The molecule has 0 bridgehead atoms. The number of aliphatic hydroxyl groups is 1. The van der Waals surface area contributed by atoms with E-state index in [-0.39, 0.29) is 41.9 Å². The molecule has 1 heterocycles. The minimum absolute atomic E-state index is 0.0212. The molecule has 4 rings (SSSR count). The van der Waals surface area contributed by atoms with Gasteiger partial charge >= 0.3 is 0 Å². The molecular formula is C31H35N5O6S. The number of sulfonamides is 1. The molecule has 0 aliphatic rings. The maximum Gasteiger partial charge on any atom is 0.257 e. The fourth-order valence-electron chi connectivity index (χ4n) is 4.34. The van der Waals surface area contributed by atoms with E-state index in [1.165, 1.54) is 31.6 Å². The topological polar surface area (TPSA) is 154 Å². The van der Waals surface area contributed by atoms with Crippen LogP contribution in [0.2, 0.25) is 0 Å². The fourth-order valence-corrected chi connectivity index (χ4v) is 4.83. The molecule has 11 nitrogen and oxygen atoms in total. The molecule has 43 heavy (non-hydrogen) atoms. The average Bonchev–Trinajstić information content (AvgIpc) is 3.52. The molecule has 0 saturated heterocycles. The number of imidazole rings is 1. The highest BCUT2D eigenvalue weighted by Crippen LogP contribution is 2.27. The zero-order valence-electron chi connectivity index (χ0n) is 24.1. The lowest BCUT2D eigenvalue weighted by Gasteiger charge is -2.24. The van der Waals surface area contributed by atoms with Crippen molar-refractivity contribution in [2.75, 3.05) is 29.5 Å². The molecule has 3 atom stereocenters. The number of benzene rings is 3. The Bertz CT molecular complexity index is 1620. The molecule has 4 N–H and O–H groups in total. The Morgan fingerprint density at radius 3 is 2.35 bits per heavy atom. The number of carbonyl (C=O) groups is 2. The Hall–Kier alpha value is -4.68. The number of carbonyl (C=O) groups excluding carboxylic acids is 2. The minimum Gasteiger partial charge on any atom is -0.493 e. The third-order valence-corrected chi connectivity index (χ3v) is 8.09. The number of aromatic nitrogens is 2. The summed E-state index contributed by atoms with van der Waals surface area (Å²) >= 11 is 0. The smallest absolute Gasteiger partial charge is 0.257 e. The lowest BCUT2D eigenvalue weighted by atomic mass is 10.00. The second-order valence-electron chi connectivity index (χ2n) is 10.2. The third kappa shape index (κ3) is 8.66. The van der Waals surface area contributed by atoms with Crippen LogP contribution in [0.1, 0.15) is 34.3 Å². The van der Waals surface area contributed by atoms with Gasteiger partial charge in [0.2, 0.25) is 16.0 Å². The molecule has 0 radical (unpaired) electrons. The Balaban J connectivity index is 1.60. The number of rotatable bonds is 13. The van der Waals surface area contributed by atoms with Crippen LogP contribution in [0.25, 0.3) is 0 Å². The lowest BCUT2D eigenvalue weighted by molar-refractivity contribution is -0.125. The number of aliphatic hydroxyl groups excluding tert-OH is 1. The first kappa shape index (κ1) is 31.3. The SMILES string of the molecule is CC(COc1cc(C(=O)N[C@@H](Cc2ccccc2)[C@@H](O)C(=O)Nc2ncc[nH]2)cc(N(C)S(C)(=O)=O)c1)c1ccccc1. The summed E-state index contributed by atoms with van der Waals surface area (Å²) in [5, 5.41) is 16.3. The molecule has 2 amide bonds. The van der Waals surface area contributed by atoms with E-state index >= 15 is 0 Å². The summed E-state index contributed by atoms with van der Waals surface area (Å²) in [6.07, 6.45) is 2.53. The third-order valence-electron chi connectivity index (χ3n) is 6.89. The van der Waals surface area contributed by atoms with Crippen LogP contribution in [-0.2, 0) is 21.2 Å². The van der Waals surface area contributed by atoms with Gasteiger partial charge in [0.05, 0.1) is 24.6 Å². The number of anilines is 2. The molecule has 0 saturated carbocycles. The molecule has 1 aromatic heterocycles. The largest absolute Gasteiger partial charge is 0.493 e. The number of ether oxygens (including phenoxy) is 1. The van der Waals surface area contributed by atoms with Crippen molar-refractivity contribution in [1.82, 2.24) is 15.3 Å². The Kier molecular flexibility index (Phi) is 10.2. The van der Waals surface area contributed by atoms with Crippen LogP contribution in [0, 0.1) is 0 Å². The van der Waals surface area contributed by atoms with Gasteiger partial charge in [-0.05, 0) is 29.7 Å². The van der Waals surface area contributed by atoms with Gasteiger partial charge in [-0.15, -0.1) is 0 Å². The molecule has 0 aliphatic heterocycles. The summed E-state index contributed by atoms with van der Waals surface area (Å²) in [6, 6.07) is 22.3. The average molecular weight is 606 g/mol. The van der Waals surface area contributed by atoms with Crippen LogP contribution in [0.3, 0.4) is 0 Å². The fraction of sp³-hybridized carbons (Fsp3) is 0.258. The van der Waals surface area contributed by atoms with E-state index in [1.807, 2.05) is 67.6 Å². The summed E-state index contributed by atoms with van der Waals surface area (Å²) in [6.45, 7) is 2.28. The van der Waals surface area contributed by atoms with Gasteiger partial charge in [0.25, 0.3) is 11.8 Å². The first-order valence-electron chi connectivity index (χ1n) is 13.6.